The molecule has 2 nitrogen and oxygen atoms in total. The first-order valence-electron chi connectivity index (χ1n) is 5.32. The Balaban J connectivity index is 2.07. The zero-order chi connectivity index (χ0) is 10.9. The van der Waals surface area contributed by atoms with Crippen molar-refractivity contribution in [1.82, 2.24) is 0 Å². The highest BCUT2D eigenvalue weighted by Crippen LogP contribution is 2.20. The molecule has 84 valence electrons. The molecule has 1 aromatic carbocycles. The van der Waals surface area contributed by atoms with Crippen LogP contribution in [0.4, 0.5) is 0 Å². The van der Waals surface area contributed by atoms with Crippen molar-refractivity contribution >= 4 is 11.8 Å². The summed E-state index contributed by atoms with van der Waals surface area (Å²) >= 11 is 1.75. The number of benzene rings is 1. The maximum Gasteiger partial charge on any atom is 0.115 e. The molecule has 0 saturated carbocycles. The van der Waals surface area contributed by atoms with E-state index in [1.807, 2.05) is 12.1 Å². The van der Waals surface area contributed by atoms with Gasteiger partial charge in [-0.05, 0) is 30.7 Å². The summed E-state index contributed by atoms with van der Waals surface area (Å²) < 4.78 is 5.45. The fourth-order valence-corrected chi connectivity index (χ4v) is 1.87. The van der Waals surface area contributed by atoms with E-state index in [0.717, 1.165) is 25.4 Å². The van der Waals surface area contributed by atoms with Crippen molar-refractivity contribution < 1.29 is 9.84 Å². The third-order valence-electron chi connectivity index (χ3n) is 1.98. The molecular formula is C12H18O2S. The molecule has 0 aromatic heterocycles. The van der Waals surface area contributed by atoms with Crippen LogP contribution in [0.25, 0.3) is 0 Å². The second-order valence-corrected chi connectivity index (χ2v) is 4.48. The Morgan fingerprint density at radius 3 is 2.60 bits per heavy atom. The van der Waals surface area contributed by atoms with E-state index in [4.69, 9.17) is 9.84 Å². The molecule has 0 radical (unpaired) electrons. The first kappa shape index (κ1) is 12.4. The van der Waals surface area contributed by atoms with E-state index in [1.165, 1.54) is 11.3 Å². The van der Waals surface area contributed by atoms with E-state index in [2.05, 4.69) is 6.92 Å². The largest absolute Gasteiger partial charge is 0.508 e. The van der Waals surface area contributed by atoms with Gasteiger partial charge in [-0.1, -0.05) is 13.3 Å². The quantitative estimate of drug-likeness (QED) is 0.571. The van der Waals surface area contributed by atoms with Gasteiger partial charge in [-0.2, -0.15) is 0 Å². The number of aromatic hydroxyl groups is 1. The second-order valence-electron chi connectivity index (χ2n) is 3.31. The van der Waals surface area contributed by atoms with Crippen LogP contribution >= 0.6 is 11.8 Å². The minimum Gasteiger partial charge on any atom is -0.508 e. The van der Waals surface area contributed by atoms with E-state index in [0.29, 0.717) is 5.75 Å². The molecule has 0 aliphatic heterocycles. The number of rotatable bonds is 7. The molecule has 0 aliphatic carbocycles. The third kappa shape index (κ3) is 5.70. The Kier molecular flexibility index (Phi) is 6.28. The van der Waals surface area contributed by atoms with Gasteiger partial charge in [0, 0.05) is 17.3 Å². The second kappa shape index (κ2) is 7.60. The van der Waals surface area contributed by atoms with Crippen LogP contribution in [-0.4, -0.2) is 24.1 Å². The van der Waals surface area contributed by atoms with Gasteiger partial charge in [0.15, 0.2) is 0 Å². The highest BCUT2D eigenvalue weighted by atomic mass is 32.2. The van der Waals surface area contributed by atoms with Crippen LogP contribution in [0, 0.1) is 0 Å². The molecule has 0 atom stereocenters. The Bertz CT molecular complexity index is 259. The van der Waals surface area contributed by atoms with Crippen molar-refractivity contribution in [3.8, 4) is 5.75 Å². The lowest BCUT2D eigenvalue weighted by atomic mass is 10.3. The summed E-state index contributed by atoms with van der Waals surface area (Å²) in [5.41, 5.74) is 0. The summed E-state index contributed by atoms with van der Waals surface area (Å²) in [5, 5.41) is 9.09. The lowest BCUT2D eigenvalue weighted by Crippen LogP contribution is -1.98. The number of hydrogen-bond donors (Lipinski definition) is 1. The summed E-state index contributed by atoms with van der Waals surface area (Å²) in [6.45, 7) is 3.83. The number of ether oxygens (including phenoxy) is 1. The number of phenolic OH excluding ortho intramolecular Hbond substituents is 1. The zero-order valence-corrected chi connectivity index (χ0v) is 9.93. The summed E-state index contributed by atoms with van der Waals surface area (Å²) in [6, 6.07) is 7.26. The molecule has 1 aromatic rings. The van der Waals surface area contributed by atoms with Crippen LogP contribution in [0.3, 0.4) is 0 Å². The molecule has 0 saturated heterocycles. The molecule has 0 fully saturated rings. The monoisotopic (exact) mass is 226 g/mol. The number of phenols is 1. The number of unbranched alkanes of at least 4 members (excludes halogenated alkanes) is 1. The van der Waals surface area contributed by atoms with Gasteiger partial charge >= 0.3 is 0 Å². The predicted octanol–water partition coefficient (Wildman–Crippen LogP) is 3.30. The van der Waals surface area contributed by atoms with Gasteiger partial charge in [-0.15, -0.1) is 11.8 Å². The van der Waals surface area contributed by atoms with Gasteiger partial charge in [0.25, 0.3) is 0 Å². The van der Waals surface area contributed by atoms with Crippen LogP contribution in [0.5, 0.6) is 5.75 Å². The van der Waals surface area contributed by atoms with Crippen molar-refractivity contribution in [1.29, 1.82) is 0 Å². The van der Waals surface area contributed by atoms with Crippen molar-refractivity contribution in [2.45, 2.75) is 24.7 Å². The molecule has 15 heavy (non-hydrogen) atoms. The van der Waals surface area contributed by atoms with Gasteiger partial charge in [-0.3, -0.25) is 0 Å². The Morgan fingerprint density at radius 1 is 1.20 bits per heavy atom. The fraction of sp³-hybridized carbons (Fsp3) is 0.500. The average Bonchev–Trinajstić information content (AvgIpc) is 2.26. The Hall–Kier alpha value is -0.670. The topological polar surface area (TPSA) is 29.5 Å². The zero-order valence-electron chi connectivity index (χ0n) is 9.11. The van der Waals surface area contributed by atoms with Gasteiger partial charge in [0.2, 0.25) is 0 Å². The lowest BCUT2D eigenvalue weighted by molar-refractivity contribution is 0.147. The van der Waals surface area contributed by atoms with E-state index in [-0.39, 0.29) is 0 Å². The van der Waals surface area contributed by atoms with Crippen LogP contribution in [0.1, 0.15) is 19.8 Å². The molecule has 1 N–H and O–H groups in total. The molecule has 0 bridgehead atoms. The molecule has 0 heterocycles. The van der Waals surface area contributed by atoms with E-state index >= 15 is 0 Å². The highest BCUT2D eigenvalue weighted by molar-refractivity contribution is 7.99. The normalized spacial score (nSPS) is 10.5. The summed E-state index contributed by atoms with van der Waals surface area (Å²) in [4.78, 5) is 1.17. The Morgan fingerprint density at radius 2 is 1.93 bits per heavy atom. The van der Waals surface area contributed by atoms with Gasteiger partial charge in [-0.25, -0.2) is 0 Å². The molecule has 3 heteroatoms. The fourth-order valence-electron chi connectivity index (χ4n) is 1.11. The standard InChI is InChI=1S/C12H18O2S/c1-2-3-8-14-9-10-15-12-6-4-11(13)5-7-12/h4-7,13H,2-3,8-10H2,1H3. The molecule has 0 spiro atoms. The van der Waals surface area contributed by atoms with Crippen molar-refractivity contribution in [2.24, 2.45) is 0 Å². The first-order valence-corrected chi connectivity index (χ1v) is 6.31. The minimum absolute atomic E-state index is 0.318. The molecule has 0 amide bonds. The smallest absolute Gasteiger partial charge is 0.115 e. The summed E-state index contributed by atoms with van der Waals surface area (Å²) in [5.74, 6) is 1.28. The van der Waals surface area contributed by atoms with Gasteiger partial charge in [0.1, 0.15) is 5.75 Å². The van der Waals surface area contributed by atoms with Crippen molar-refractivity contribution in [3.63, 3.8) is 0 Å². The van der Waals surface area contributed by atoms with Gasteiger partial charge < -0.3 is 9.84 Å². The van der Waals surface area contributed by atoms with Crippen LogP contribution in [0.2, 0.25) is 0 Å². The molecule has 0 aliphatic rings. The van der Waals surface area contributed by atoms with Crippen LogP contribution < -0.4 is 0 Å². The highest BCUT2D eigenvalue weighted by Gasteiger charge is 1.94. The number of thioether (sulfide) groups is 1. The SMILES string of the molecule is CCCCOCCSc1ccc(O)cc1. The molecule has 0 unspecified atom stereocenters. The Labute approximate surface area is 95.7 Å². The van der Waals surface area contributed by atoms with E-state index in [9.17, 15) is 0 Å². The third-order valence-corrected chi connectivity index (χ3v) is 2.95. The van der Waals surface area contributed by atoms with E-state index in [1.54, 1.807) is 23.9 Å². The molecular weight excluding hydrogens is 208 g/mol. The van der Waals surface area contributed by atoms with E-state index < -0.39 is 0 Å². The van der Waals surface area contributed by atoms with Crippen molar-refractivity contribution in [3.05, 3.63) is 24.3 Å². The first-order chi connectivity index (χ1) is 7.33. The average molecular weight is 226 g/mol. The minimum atomic E-state index is 0.318. The summed E-state index contributed by atoms with van der Waals surface area (Å²) in [7, 11) is 0. The maximum atomic E-state index is 9.09. The maximum absolute atomic E-state index is 9.09. The predicted molar refractivity (Wildman–Crippen MR) is 64.6 cm³/mol. The summed E-state index contributed by atoms with van der Waals surface area (Å²) in [6.07, 6.45) is 2.33. The van der Waals surface area contributed by atoms with Crippen LogP contribution in [-0.2, 0) is 4.74 Å². The number of hydrogen-bond acceptors (Lipinski definition) is 3. The van der Waals surface area contributed by atoms with Gasteiger partial charge in [0.05, 0.1) is 6.61 Å². The molecule has 1 rings (SSSR count). The lowest BCUT2D eigenvalue weighted by Gasteiger charge is -2.03. The van der Waals surface area contributed by atoms with Crippen molar-refractivity contribution in [2.75, 3.05) is 19.0 Å². The van der Waals surface area contributed by atoms with Crippen LogP contribution in [0.15, 0.2) is 29.2 Å².